The van der Waals surface area contributed by atoms with Gasteiger partial charge in [0.1, 0.15) is 11.8 Å². The zero-order valence-electron chi connectivity index (χ0n) is 15.6. The molecule has 2 aromatic rings. The Kier molecular flexibility index (Phi) is 5.53. The molecule has 1 fully saturated rings. The maximum Gasteiger partial charge on any atom is 0.209 e. The number of rotatable bonds is 6. The van der Waals surface area contributed by atoms with Gasteiger partial charge in [-0.2, -0.15) is 0 Å². The van der Waals surface area contributed by atoms with E-state index in [1.807, 2.05) is 16.8 Å². The first-order valence-corrected chi connectivity index (χ1v) is 9.15. The first kappa shape index (κ1) is 17.7. The van der Waals surface area contributed by atoms with Crippen molar-refractivity contribution in [2.45, 2.75) is 39.3 Å². The second-order valence-electron chi connectivity index (χ2n) is 6.88. The molecule has 0 spiro atoms. The zero-order chi connectivity index (χ0) is 17.8. The van der Waals surface area contributed by atoms with Crippen LogP contribution in [-0.4, -0.2) is 53.5 Å². The third kappa shape index (κ3) is 3.76. The maximum absolute atomic E-state index is 5.25. The number of hydrogen-bond donors (Lipinski definition) is 1. The molecule has 0 saturated carbocycles. The van der Waals surface area contributed by atoms with Crippen LogP contribution < -0.4 is 14.5 Å². The van der Waals surface area contributed by atoms with Crippen molar-refractivity contribution >= 4 is 5.69 Å². The van der Waals surface area contributed by atoms with Crippen molar-refractivity contribution in [2.75, 3.05) is 38.2 Å². The Morgan fingerprint density at radius 2 is 1.84 bits per heavy atom. The summed E-state index contributed by atoms with van der Waals surface area (Å²) in [5, 5.41) is 12.4. The van der Waals surface area contributed by atoms with E-state index < -0.39 is 0 Å². The van der Waals surface area contributed by atoms with E-state index in [0.29, 0.717) is 12.1 Å². The lowest BCUT2D eigenvalue weighted by molar-refractivity contribution is -0.933. The fourth-order valence-electron chi connectivity index (χ4n) is 3.65. The van der Waals surface area contributed by atoms with Gasteiger partial charge in [-0.25, -0.2) is 4.68 Å². The Labute approximate surface area is 149 Å². The molecule has 1 atom stereocenters. The van der Waals surface area contributed by atoms with E-state index in [2.05, 4.69) is 53.3 Å². The van der Waals surface area contributed by atoms with Crippen LogP contribution in [0.15, 0.2) is 24.3 Å². The lowest BCUT2D eigenvalue weighted by atomic mass is 10.1. The standard InChI is InChI=1S/C18H28N6O/c1-5-17(18-19-20-21-24(18)14(2)3)23-12-10-22(11-13-23)15-6-8-16(25-4)9-7-15/h6-9,14,17H,5,10-13H2,1-4H3/p+1/t17-/m1/s1. The SMILES string of the molecule is CC[C@H](c1nnnn1C(C)C)[NH+]1CCN(c2ccc(OC)cc2)CC1. The molecular formula is C18H29N6O+. The number of piperazine rings is 1. The topological polar surface area (TPSA) is 60.5 Å². The Morgan fingerprint density at radius 3 is 2.40 bits per heavy atom. The van der Waals surface area contributed by atoms with Gasteiger partial charge in [-0.15, -0.1) is 5.10 Å². The lowest BCUT2D eigenvalue weighted by Gasteiger charge is -2.37. The molecule has 136 valence electrons. The van der Waals surface area contributed by atoms with Crippen LogP contribution in [0.25, 0.3) is 0 Å². The quantitative estimate of drug-likeness (QED) is 0.850. The van der Waals surface area contributed by atoms with E-state index in [4.69, 9.17) is 4.74 Å². The minimum absolute atomic E-state index is 0.291. The molecule has 0 amide bonds. The molecule has 1 saturated heterocycles. The van der Waals surface area contributed by atoms with Gasteiger partial charge in [0.2, 0.25) is 5.82 Å². The van der Waals surface area contributed by atoms with Crippen LogP contribution >= 0.6 is 0 Å². The van der Waals surface area contributed by atoms with Crippen LogP contribution in [0.5, 0.6) is 5.75 Å². The number of hydrogen-bond acceptors (Lipinski definition) is 5. The highest BCUT2D eigenvalue weighted by molar-refractivity contribution is 5.49. The lowest BCUT2D eigenvalue weighted by Crippen LogP contribution is -3.15. The van der Waals surface area contributed by atoms with Crippen molar-refractivity contribution in [2.24, 2.45) is 0 Å². The number of nitrogens with one attached hydrogen (secondary N) is 1. The van der Waals surface area contributed by atoms with Crippen LogP contribution in [0.4, 0.5) is 5.69 Å². The Hall–Kier alpha value is -2.15. The summed E-state index contributed by atoms with van der Waals surface area (Å²) in [7, 11) is 1.70. The minimum Gasteiger partial charge on any atom is -0.497 e. The first-order valence-electron chi connectivity index (χ1n) is 9.15. The van der Waals surface area contributed by atoms with Crippen molar-refractivity contribution in [3.8, 4) is 5.75 Å². The van der Waals surface area contributed by atoms with E-state index in [0.717, 1.165) is 44.2 Å². The highest BCUT2D eigenvalue weighted by Crippen LogP contribution is 2.20. The number of tetrazole rings is 1. The molecule has 7 heteroatoms. The molecule has 3 rings (SSSR count). The van der Waals surface area contributed by atoms with E-state index in [-0.39, 0.29) is 0 Å². The molecule has 2 heterocycles. The summed E-state index contributed by atoms with van der Waals surface area (Å²) in [6, 6.07) is 8.98. The normalized spacial score (nSPS) is 17.1. The second-order valence-corrected chi connectivity index (χ2v) is 6.88. The molecule has 0 unspecified atom stereocenters. The van der Waals surface area contributed by atoms with Gasteiger partial charge >= 0.3 is 0 Å². The number of anilines is 1. The number of aromatic nitrogens is 4. The highest BCUT2D eigenvalue weighted by atomic mass is 16.5. The summed E-state index contributed by atoms with van der Waals surface area (Å²) < 4.78 is 7.22. The van der Waals surface area contributed by atoms with E-state index in [9.17, 15) is 0 Å². The van der Waals surface area contributed by atoms with Gasteiger partial charge < -0.3 is 14.5 Å². The molecule has 25 heavy (non-hydrogen) atoms. The van der Waals surface area contributed by atoms with Crippen LogP contribution in [0, 0.1) is 0 Å². The van der Waals surface area contributed by atoms with Gasteiger partial charge in [-0.3, -0.25) is 0 Å². The fourth-order valence-corrected chi connectivity index (χ4v) is 3.65. The smallest absolute Gasteiger partial charge is 0.209 e. The van der Waals surface area contributed by atoms with Crippen molar-refractivity contribution in [3.05, 3.63) is 30.1 Å². The van der Waals surface area contributed by atoms with Gasteiger partial charge in [-0.1, -0.05) is 6.92 Å². The summed E-state index contributed by atoms with van der Waals surface area (Å²) in [6.45, 7) is 10.8. The van der Waals surface area contributed by atoms with E-state index >= 15 is 0 Å². The molecule has 7 nitrogen and oxygen atoms in total. The Bertz CT molecular complexity index is 660. The molecule has 1 aliphatic rings. The number of nitrogens with zero attached hydrogens (tertiary/aromatic N) is 5. The van der Waals surface area contributed by atoms with Crippen LogP contribution in [0.1, 0.15) is 45.1 Å². The predicted molar refractivity (Wildman–Crippen MR) is 97.1 cm³/mol. The average molecular weight is 345 g/mol. The second kappa shape index (κ2) is 7.82. The van der Waals surface area contributed by atoms with Crippen molar-refractivity contribution in [3.63, 3.8) is 0 Å². The maximum atomic E-state index is 5.25. The molecule has 1 aliphatic heterocycles. The monoisotopic (exact) mass is 345 g/mol. The molecule has 0 radical (unpaired) electrons. The third-order valence-electron chi connectivity index (χ3n) is 5.06. The average Bonchev–Trinajstić information content (AvgIpc) is 3.13. The Balaban J connectivity index is 1.66. The third-order valence-corrected chi connectivity index (χ3v) is 5.06. The fraction of sp³-hybridized carbons (Fsp3) is 0.611. The van der Waals surface area contributed by atoms with Crippen molar-refractivity contribution < 1.29 is 9.64 Å². The summed E-state index contributed by atoms with van der Waals surface area (Å²) in [6.07, 6.45) is 1.05. The van der Waals surface area contributed by atoms with Crippen molar-refractivity contribution in [1.29, 1.82) is 0 Å². The summed E-state index contributed by atoms with van der Waals surface area (Å²) >= 11 is 0. The van der Waals surface area contributed by atoms with E-state index in [1.54, 1.807) is 12.0 Å². The molecule has 1 aromatic carbocycles. The van der Waals surface area contributed by atoms with Crippen molar-refractivity contribution in [1.82, 2.24) is 20.2 Å². The van der Waals surface area contributed by atoms with Crippen LogP contribution in [-0.2, 0) is 0 Å². The van der Waals surface area contributed by atoms with Gasteiger partial charge in [0.05, 0.1) is 39.3 Å². The molecule has 0 bridgehead atoms. The molecule has 1 N–H and O–H groups in total. The van der Waals surface area contributed by atoms with E-state index in [1.165, 1.54) is 5.69 Å². The van der Waals surface area contributed by atoms with Crippen LogP contribution in [0.3, 0.4) is 0 Å². The summed E-state index contributed by atoms with van der Waals surface area (Å²) in [4.78, 5) is 4.02. The van der Waals surface area contributed by atoms with Gasteiger partial charge in [0.25, 0.3) is 0 Å². The number of quaternary nitrogens is 1. The molecule has 1 aromatic heterocycles. The number of benzene rings is 1. The first-order chi connectivity index (χ1) is 12.1. The van der Waals surface area contributed by atoms with Gasteiger partial charge in [-0.05, 0) is 48.5 Å². The van der Waals surface area contributed by atoms with Gasteiger partial charge in [0, 0.05) is 12.1 Å². The predicted octanol–water partition coefficient (Wildman–Crippen LogP) is 1.12. The largest absolute Gasteiger partial charge is 0.497 e. The highest BCUT2D eigenvalue weighted by Gasteiger charge is 2.31. The zero-order valence-corrected chi connectivity index (χ0v) is 15.6. The summed E-state index contributed by atoms with van der Waals surface area (Å²) in [5.41, 5.74) is 1.26. The summed E-state index contributed by atoms with van der Waals surface area (Å²) in [5.74, 6) is 1.92. The van der Waals surface area contributed by atoms with Gasteiger partial charge in [0.15, 0.2) is 0 Å². The molecule has 0 aliphatic carbocycles. The van der Waals surface area contributed by atoms with Crippen LogP contribution in [0.2, 0.25) is 0 Å². The minimum atomic E-state index is 0.291. The Morgan fingerprint density at radius 1 is 1.16 bits per heavy atom. The number of ether oxygens (including phenoxy) is 1. The molecular weight excluding hydrogens is 316 g/mol. The number of methoxy groups -OCH3 is 1.